The maximum Gasteiger partial charge on any atom is 0.327 e. The van der Waals surface area contributed by atoms with E-state index in [0.717, 1.165) is 12.8 Å². The van der Waals surface area contributed by atoms with Crippen LogP contribution in [-0.4, -0.2) is 32.7 Å². The first-order chi connectivity index (χ1) is 11.7. The van der Waals surface area contributed by atoms with Gasteiger partial charge in [-0.05, 0) is 37.1 Å². The Morgan fingerprint density at radius 1 is 1.21 bits per heavy atom. The number of fused-ring (bicyclic) bond motifs is 1. The minimum Gasteiger partial charge on any atom is -0.381 e. The van der Waals surface area contributed by atoms with Gasteiger partial charge in [-0.15, -0.1) is 0 Å². The van der Waals surface area contributed by atoms with Crippen molar-refractivity contribution in [2.75, 3.05) is 18.5 Å². The van der Waals surface area contributed by atoms with Crippen LogP contribution in [0.15, 0.2) is 40.1 Å². The Morgan fingerprint density at radius 2 is 2.04 bits per heavy atom. The van der Waals surface area contributed by atoms with E-state index in [9.17, 15) is 9.59 Å². The molecule has 1 aliphatic heterocycles. The third-order valence-corrected chi connectivity index (χ3v) is 4.20. The molecule has 24 heavy (non-hydrogen) atoms. The highest BCUT2D eigenvalue weighted by molar-refractivity contribution is 5.74. The van der Waals surface area contributed by atoms with Gasteiger partial charge in [0.15, 0.2) is 5.65 Å². The number of H-pyrrole nitrogens is 2. The fourth-order valence-electron chi connectivity index (χ4n) is 3.01. The fraction of sp³-hybridized carbons (Fsp3) is 0.312. The van der Waals surface area contributed by atoms with Gasteiger partial charge < -0.3 is 20.0 Å². The van der Waals surface area contributed by atoms with Crippen molar-refractivity contribution in [1.29, 1.82) is 0 Å². The van der Waals surface area contributed by atoms with Crippen LogP contribution in [0.5, 0.6) is 0 Å². The topological polar surface area (TPSA) is 105 Å². The number of anilines is 2. The van der Waals surface area contributed by atoms with Crippen molar-refractivity contribution in [3.63, 3.8) is 0 Å². The summed E-state index contributed by atoms with van der Waals surface area (Å²) in [4.78, 5) is 34.1. The predicted octanol–water partition coefficient (Wildman–Crippen LogP) is 1.51. The summed E-state index contributed by atoms with van der Waals surface area (Å²) in [5.74, 6) is 0.513. The standard InChI is InChI=1S/C16H17N5O3/c22-15-12(2-1-7-17-15)18-13-4-3-11-14(20-13)21(16(23)19-11)10-5-8-24-9-6-10/h1-4,7,10H,5-6,8-9H2,(H,17,22)(H,18,20)(H,19,23). The molecule has 3 aromatic heterocycles. The van der Waals surface area contributed by atoms with Gasteiger partial charge in [-0.1, -0.05) is 0 Å². The van der Waals surface area contributed by atoms with Crippen molar-refractivity contribution in [3.05, 3.63) is 51.3 Å². The highest BCUT2D eigenvalue weighted by Crippen LogP contribution is 2.23. The summed E-state index contributed by atoms with van der Waals surface area (Å²) in [6, 6.07) is 7.00. The van der Waals surface area contributed by atoms with Crippen LogP contribution in [0, 0.1) is 0 Å². The average Bonchev–Trinajstić information content (AvgIpc) is 2.93. The molecule has 0 spiro atoms. The van der Waals surface area contributed by atoms with Crippen LogP contribution in [0.25, 0.3) is 11.2 Å². The molecule has 1 saturated heterocycles. The van der Waals surface area contributed by atoms with E-state index in [0.29, 0.717) is 35.9 Å². The number of nitrogens with one attached hydrogen (secondary N) is 3. The Balaban J connectivity index is 1.75. The van der Waals surface area contributed by atoms with Gasteiger partial charge in [0.2, 0.25) is 0 Å². The lowest BCUT2D eigenvalue weighted by Crippen LogP contribution is -2.27. The lowest BCUT2D eigenvalue weighted by molar-refractivity contribution is 0.0697. The maximum absolute atomic E-state index is 12.3. The largest absolute Gasteiger partial charge is 0.381 e. The van der Waals surface area contributed by atoms with E-state index >= 15 is 0 Å². The van der Waals surface area contributed by atoms with Gasteiger partial charge in [0.25, 0.3) is 5.56 Å². The number of nitrogens with zero attached hydrogens (tertiary/aromatic N) is 2. The summed E-state index contributed by atoms with van der Waals surface area (Å²) in [6.07, 6.45) is 3.13. The zero-order valence-corrected chi connectivity index (χ0v) is 12.9. The van der Waals surface area contributed by atoms with Gasteiger partial charge in [-0.2, -0.15) is 0 Å². The van der Waals surface area contributed by atoms with Gasteiger partial charge in [0, 0.05) is 25.5 Å². The molecule has 1 fully saturated rings. The van der Waals surface area contributed by atoms with Gasteiger partial charge in [-0.3, -0.25) is 9.36 Å². The molecule has 0 unspecified atom stereocenters. The zero-order valence-electron chi connectivity index (χ0n) is 12.9. The number of rotatable bonds is 3. The molecule has 0 amide bonds. The molecule has 0 radical (unpaired) electrons. The first kappa shape index (κ1) is 14.7. The lowest BCUT2D eigenvalue weighted by Gasteiger charge is -2.22. The van der Waals surface area contributed by atoms with E-state index in [1.54, 1.807) is 35.0 Å². The molecule has 4 rings (SSSR count). The van der Waals surface area contributed by atoms with E-state index in [4.69, 9.17) is 4.74 Å². The molecule has 8 heteroatoms. The summed E-state index contributed by atoms with van der Waals surface area (Å²) >= 11 is 0. The van der Waals surface area contributed by atoms with Gasteiger partial charge >= 0.3 is 5.69 Å². The highest BCUT2D eigenvalue weighted by atomic mass is 16.5. The number of pyridine rings is 2. The van der Waals surface area contributed by atoms with Crippen molar-refractivity contribution >= 4 is 22.7 Å². The molecular formula is C16H17N5O3. The first-order valence-electron chi connectivity index (χ1n) is 7.86. The second-order valence-corrected chi connectivity index (χ2v) is 5.75. The minimum absolute atomic E-state index is 0.0721. The van der Waals surface area contributed by atoms with Crippen molar-refractivity contribution in [2.24, 2.45) is 0 Å². The third-order valence-electron chi connectivity index (χ3n) is 4.20. The second kappa shape index (κ2) is 5.97. The fourth-order valence-corrected chi connectivity index (χ4v) is 3.01. The Kier molecular flexibility index (Phi) is 3.66. The van der Waals surface area contributed by atoms with Crippen LogP contribution in [0.4, 0.5) is 11.5 Å². The van der Waals surface area contributed by atoms with Crippen LogP contribution in [-0.2, 0) is 4.74 Å². The highest BCUT2D eigenvalue weighted by Gasteiger charge is 2.21. The number of imidazole rings is 1. The molecule has 8 nitrogen and oxygen atoms in total. The van der Waals surface area contributed by atoms with Crippen molar-refractivity contribution in [1.82, 2.24) is 19.5 Å². The Hall–Kier alpha value is -2.87. The van der Waals surface area contributed by atoms with Crippen LogP contribution >= 0.6 is 0 Å². The Morgan fingerprint density at radius 3 is 2.83 bits per heavy atom. The summed E-state index contributed by atoms with van der Waals surface area (Å²) < 4.78 is 7.06. The van der Waals surface area contributed by atoms with Crippen molar-refractivity contribution < 1.29 is 4.74 Å². The third kappa shape index (κ3) is 2.61. The van der Waals surface area contributed by atoms with E-state index in [2.05, 4.69) is 20.3 Å². The summed E-state index contributed by atoms with van der Waals surface area (Å²) in [6.45, 7) is 1.28. The molecule has 0 saturated carbocycles. The quantitative estimate of drug-likeness (QED) is 0.676. The molecule has 0 atom stereocenters. The Bertz CT molecular complexity index is 981. The maximum atomic E-state index is 12.3. The molecule has 124 valence electrons. The van der Waals surface area contributed by atoms with Crippen LogP contribution in [0.2, 0.25) is 0 Å². The van der Waals surface area contributed by atoms with Gasteiger partial charge in [0.05, 0.1) is 5.52 Å². The van der Waals surface area contributed by atoms with Crippen LogP contribution in [0.1, 0.15) is 18.9 Å². The molecule has 1 aliphatic rings. The second-order valence-electron chi connectivity index (χ2n) is 5.75. The average molecular weight is 327 g/mol. The number of ether oxygens (including phenoxy) is 1. The molecule has 0 bridgehead atoms. The molecule has 0 aromatic carbocycles. The predicted molar refractivity (Wildman–Crippen MR) is 89.8 cm³/mol. The summed E-state index contributed by atoms with van der Waals surface area (Å²) in [5, 5.41) is 2.99. The van der Waals surface area contributed by atoms with Crippen LogP contribution < -0.4 is 16.6 Å². The zero-order chi connectivity index (χ0) is 16.5. The van der Waals surface area contributed by atoms with E-state index in [1.165, 1.54) is 0 Å². The smallest absolute Gasteiger partial charge is 0.327 e. The number of hydrogen-bond acceptors (Lipinski definition) is 5. The number of aromatic nitrogens is 4. The van der Waals surface area contributed by atoms with Gasteiger partial charge in [-0.25, -0.2) is 9.78 Å². The monoisotopic (exact) mass is 327 g/mol. The minimum atomic E-state index is -0.227. The lowest BCUT2D eigenvalue weighted by atomic mass is 10.1. The van der Waals surface area contributed by atoms with Crippen molar-refractivity contribution in [2.45, 2.75) is 18.9 Å². The van der Waals surface area contributed by atoms with Crippen LogP contribution in [0.3, 0.4) is 0 Å². The Labute approximate surface area is 136 Å². The summed E-state index contributed by atoms with van der Waals surface area (Å²) in [5.41, 5.74) is 1.28. The number of aromatic amines is 2. The van der Waals surface area contributed by atoms with Crippen molar-refractivity contribution in [3.8, 4) is 0 Å². The summed E-state index contributed by atoms with van der Waals surface area (Å²) in [7, 11) is 0. The normalized spacial score (nSPS) is 15.7. The molecule has 4 heterocycles. The van der Waals surface area contributed by atoms with E-state index in [-0.39, 0.29) is 17.3 Å². The SMILES string of the molecule is O=c1[nH]cccc1Nc1ccc2[nH]c(=O)n(C3CCOCC3)c2n1. The first-order valence-corrected chi connectivity index (χ1v) is 7.86. The van der Waals surface area contributed by atoms with E-state index in [1.807, 2.05) is 0 Å². The molecular weight excluding hydrogens is 310 g/mol. The molecule has 3 N–H and O–H groups in total. The van der Waals surface area contributed by atoms with Gasteiger partial charge in [0.1, 0.15) is 11.5 Å². The molecule has 3 aromatic rings. The van der Waals surface area contributed by atoms with E-state index < -0.39 is 0 Å². The molecule has 0 aliphatic carbocycles. The number of hydrogen-bond donors (Lipinski definition) is 3.